The number of benzene rings is 2. The van der Waals surface area contributed by atoms with Crippen LogP contribution in [0, 0.1) is 17.0 Å². The third-order valence-corrected chi connectivity index (χ3v) is 5.26. The van der Waals surface area contributed by atoms with Crippen molar-refractivity contribution in [3.05, 3.63) is 99.5 Å². The number of furan rings is 1. The first-order valence-corrected chi connectivity index (χ1v) is 10.8. The summed E-state index contributed by atoms with van der Waals surface area (Å²) in [5.74, 6) is -0.00793. The molecule has 0 N–H and O–H groups in total. The second-order valence-corrected chi connectivity index (χ2v) is 7.80. The molecule has 1 heterocycles. The summed E-state index contributed by atoms with van der Waals surface area (Å²) in [6.45, 7) is 4.38. The summed E-state index contributed by atoms with van der Waals surface area (Å²) in [6, 6.07) is 17.5. The Hall–Kier alpha value is -3.94. The zero-order valence-corrected chi connectivity index (χ0v) is 18.8. The standard InChI is InChI=1S/C25H27N3O5/c1-3-13-26(25(30)21-12-11-19(2)23(15-21)28(31)32)18-24(29)27(17-22-10-7-14-33-22)16-20-8-5-4-6-9-20/h4-12,14-15H,3,13,16-18H2,1-2H3. The molecule has 0 aliphatic heterocycles. The summed E-state index contributed by atoms with van der Waals surface area (Å²) < 4.78 is 5.43. The van der Waals surface area contributed by atoms with E-state index in [1.807, 2.05) is 37.3 Å². The van der Waals surface area contributed by atoms with Crippen LogP contribution in [0.1, 0.15) is 40.6 Å². The number of aryl methyl sites for hydroxylation is 1. The SMILES string of the molecule is CCCN(CC(=O)N(Cc1ccccc1)Cc1ccco1)C(=O)c1ccc(C)c([N+](=O)[O-])c1. The Morgan fingerprint density at radius 3 is 2.39 bits per heavy atom. The molecule has 0 aliphatic rings. The largest absolute Gasteiger partial charge is 0.467 e. The lowest BCUT2D eigenvalue weighted by molar-refractivity contribution is -0.385. The maximum Gasteiger partial charge on any atom is 0.273 e. The van der Waals surface area contributed by atoms with Gasteiger partial charge in [-0.1, -0.05) is 43.3 Å². The highest BCUT2D eigenvalue weighted by molar-refractivity contribution is 5.97. The van der Waals surface area contributed by atoms with Gasteiger partial charge in [-0.15, -0.1) is 0 Å². The average molecular weight is 450 g/mol. The predicted octanol–water partition coefficient (Wildman–Crippen LogP) is 4.58. The van der Waals surface area contributed by atoms with E-state index in [0.29, 0.717) is 30.8 Å². The molecule has 0 fully saturated rings. The van der Waals surface area contributed by atoms with Gasteiger partial charge in [-0.25, -0.2) is 0 Å². The van der Waals surface area contributed by atoms with E-state index in [1.54, 1.807) is 42.4 Å². The number of carbonyl (C=O) groups is 2. The Kier molecular flexibility index (Phi) is 7.96. The van der Waals surface area contributed by atoms with Crippen molar-refractivity contribution in [2.45, 2.75) is 33.4 Å². The van der Waals surface area contributed by atoms with Crippen LogP contribution < -0.4 is 0 Å². The smallest absolute Gasteiger partial charge is 0.273 e. The monoisotopic (exact) mass is 449 g/mol. The van der Waals surface area contributed by atoms with Crippen molar-refractivity contribution in [2.24, 2.45) is 0 Å². The predicted molar refractivity (Wildman–Crippen MR) is 123 cm³/mol. The van der Waals surface area contributed by atoms with Gasteiger partial charge in [-0.05, 0) is 37.1 Å². The molecule has 2 amide bonds. The van der Waals surface area contributed by atoms with Gasteiger partial charge in [0.15, 0.2) is 0 Å². The van der Waals surface area contributed by atoms with Crippen LogP contribution in [0.4, 0.5) is 5.69 Å². The van der Waals surface area contributed by atoms with Crippen LogP contribution in [0.5, 0.6) is 0 Å². The third kappa shape index (κ3) is 6.29. The van der Waals surface area contributed by atoms with Crippen LogP contribution in [0.25, 0.3) is 0 Å². The molecule has 0 radical (unpaired) electrons. The normalized spacial score (nSPS) is 10.6. The van der Waals surface area contributed by atoms with Gasteiger partial charge >= 0.3 is 0 Å². The first-order chi connectivity index (χ1) is 15.9. The Morgan fingerprint density at radius 1 is 1.00 bits per heavy atom. The highest BCUT2D eigenvalue weighted by atomic mass is 16.6. The minimum absolute atomic E-state index is 0.118. The Balaban J connectivity index is 1.81. The highest BCUT2D eigenvalue weighted by Gasteiger charge is 2.24. The fourth-order valence-electron chi connectivity index (χ4n) is 3.53. The van der Waals surface area contributed by atoms with Gasteiger partial charge in [0.2, 0.25) is 5.91 Å². The van der Waals surface area contributed by atoms with Crippen LogP contribution in [-0.2, 0) is 17.9 Å². The van der Waals surface area contributed by atoms with E-state index in [9.17, 15) is 19.7 Å². The maximum atomic E-state index is 13.3. The molecule has 1 aromatic heterocycles. The molecule has 0 aliphatic carbocycles. The summed E-state index contributed by atoms with van der Waals surface area (Å²) in [5.41, 5.74) is 1.50. The van der Waals surface area contributed by atoms with Crippen LogP contribution in [0.3, 0.4) is 0 Å². The van der Waals surface area contributed by atoms with Crippen molar-refractivity contribution in [1.82, 2.24) is 9.80 Å². The molecule has 8 nitrogen and oxygen atoms in total. The Morgan fingerprint density at radius 2 is 1.76 bits per heavy atom. The number of amides is 2. The van der Waals surface area contributed by atoms with Gasteiger partial charge in [0.25, 0.3) is 11.6 Å². The Bertz CT molecular complexity index is 1100. The van der Waals surface area contributed by atoms with Crippen LogP contribution in [0.15, 0.2) is 71.3 Å². The maximum absolute atomic E-state index is 13.3. The number of nitrogens with zero attached hydrogens (tertiary/aromatic N) is 3. The number of hydrogen-bond donors (Lipinski definition) is 0. The summed E-state index contributed by atoms with van der Waals surface area (Å²) in [7, 11) is 0. The highest BCUT2D eigenvalue weighted by Crippen LogP contribution is 2.21. The van der Waals surface area contributed by atoms with Gasteiger partial charge in [-0.2, -0.15) is 0 Å². The lowest BCUT2D eigenvalue weighted by Gasteiger charge is -2.27. The van der Waals surface area contributed by atoms with Crippen molar-refractivity contribution in [2.75, 3.05) is 13.1 Å². The van der Waals surface area contributed by atoms with Crippen molar-refractivity contribution in [3.8, 4) is 0 Å². The quantitative estimate of drug-likeness (QED) is 0.333. The zero-order chi connectivity index (χ0) is 23.8. The fourth-order valence-corrected chi connectivity index (χ4v) is 3.53. The summed E-state index contributed by atoms with van der Waals surface area (Å²) in [5, 5.41) is 11.3. The molecule has 0 unspecified atom stereocenters. The number of nitro benzene ring substituents is 1. The molecule has 172 valence electrons. The molecule has 0 spiro atoms. The van der Waals surface area contributed by atoms with E-state index >= 15 is 0 Å². The van der Waals surface area contributed by atoms with Crippen LogP contribution >= 0.6 is 0 Å². The molecule has 0 saturated carbocycles. The average Bonchev–Trinajstić information content (AvgIpc) is 3.32. The molecule has 0 bridgehead atoms. The number of carbonyl (C=O) groups excluding carboxylic acids is 2. The van der Waals surface area contributed by atoms with Gasteiger partial charge in [0, 0.05) is 30.3 Å². The number of rotatable bonds is 10. The topological polar surface area (TPSA) is 96.9 Å². The Labute approximate surface area is 192 Å². The van der Waals surface area contributed by atoms with Gasteiger partial charge in [-0.3, -0.25) is 19.7 Å². The summed E-state index contributed by atoms with van der Waals surface area (Å²) >= 11 is 0. The molecule has 2 aromatic carbocycles. The lowest BCUT2D eigenvalue weighted by atomic mass is 10.1. The van der Waals surface area contributed by atoms with Crippen molar-refractivity contribution in [3.63, 3.8) is 0 Å². The number of hydrogen-bond acceptors (Lipinski definition) is 5. The first kappa shape index (κ1) is 23.7. The lowest BCUT2D eigenvalue weighted by Crippen LogP contribution is -2.42. The van der Waals surface area contributed by atoms with Gasteiger partial charge in [0.1, 0.15) is 12.3 Å². The molecule has 0 atom stereocenters. The zero-order valence-electron chi connectivity index (χ0n) is 18.8. The fraction of sp³-hybridized carbons (Fsp3) is 0.280. The molecular formula is C25H27N3O5. The van der Waals surface area contributed by atoms with Crippen LogP contribution in [0.2, 0.25) is 0 Å². The van der Waals surface area contributed by atoms with E-state index in [0.717, 1.165) is 5.56 Å². The molecule has 8 heteroatoms. The molecule has 3 rings (SSSR count). The summed E-state index contributed by atoms with van der Waals surface area (Å²) in [6.07, 6.45) is 2.20. The van der Waals surface area contributed by atoms with Gasteiger partial charge in [0.05, 0.1) is 17.7 Å². The molecule has 3 aromatic rings. The molecule has 0 saturated heterocycles. The second-order valence-electron chi connectivity index (χ2n) is 7.80. The van der Waals surface area contributed by atoms with Crippen molar-refractivity contribution in [1.29, 1.82) is 0 Å². The van der Waals surface area contributed by atoms with E-state index in [2.05, 4.69) is 0 Å². The van der Waals surface area contributed by atoms with E-state index in [1.165, 1.54) is 11.0 Å². The van der Waals surface area contributed by atoms with E-state index in [4.69, 9.17) is 4.42 Å². The van der Waals surface area contributed by atoms with E-state index in [-0.39, 0.29) is 30.2 Å². The third-order valence-electron chi connectivity index (χ3n) is 5.26. The van der Waals surface area contributed by atoms with E-state index < -0.39 is 10.8 Å². The second kappa shape index (κ2) is 11.1. The minimum Gasteiger partial charge on any atom is -0.467 e. The van der Waals surface area contributed by atoms with Gasteiger partial charge < -0.3 is 14.2 Å². The first-order valence-electron chi connectivity index (χ1n) is 10.8. The van der Waals surface area contributed by atoms with Crippen molar-refractivity contribution >= 4 is 17.5 Å². The minimum atomic E-state index is -0.508. The van der Waals surface area contributed by atoms with Crippen LogP contribution in [-0.4, -0.2) is 39.6 Å². The summed E-state index contributed by atoms with van der Waals surface area (Å²) in [4.78, 5) is 40.3. The molecular weight excluding hydrogens is 422 g/mol. The van der Waals surface area contributed by atoms with Crippen molar-refractivity contribution < 1.29 is 18.9 Å². The number of nitro groups is 1. The molecule has 33 heavy (non-hydrogen) atoms.